The molecule has 21 heavy (non-hydrogen) atoms. The van der Waals surface area contributed by atoms with Gasteiger partial charge in [0, 0.05) is 12.4 Å². The molecule has 2 unspecified atom stereocenters. The highest BCUT2D eigenvalue weighted by atomic mass is 19.1. The standard InChI is InChI=1S/C16H18FNO.C2H6/c1-2-12(13-7-9-18-10-8-13)11-16(17)14-3-5-15(19)6-4-14;1-2/h3-10,12,16,19H,2,11H2,1H3;1-2H3. The molecule has 0 saturated carbocycles. The van der Waals surface area contributed by atoms with E-state index < -0.39 is 6.17 Å². The van der Waals surface area contributed by atoms with Crippen LogP contribution in [0.1, 0.15) is 56.8 Å². The van der Waals surface area contributed by atoms with E-state index >= 15 is 0 Å². The summed E-state index contributed by atoms with van der Waals surface area (Å²) in [6.45, 7) is 6.06. The molecule has 0 aliphatic heterocycles. The Morgan fingerprint density at radius 2 is 1.57 bits per heavy atom. The van der Waals surface area contributed by atoms with Crippen molar-refractivity contribution in [3.05, 3.63) is 59.9 Å². The number of halogens is 1. The van der Waals surface area contributed by atoms with Gasteiger partial charge in [-0.2, -0.15) is 0 Å². The molecule has 0 aliphatic rings. The summed E-state index contributed by atoms with van der Waals surface area (Å²) in [5.41, 5.74) is 1.74. The van der Waals surface area contributed by atoms with E-state index in [-0.39, 0.29) is 11.7 Å². The lowest BCUT2D eigenvalue weighted by molar-refractivity contribution is 0.299. The molecule has 2 aromatic rings. The number of hydrogen-bond acceptors (Lipinski definition) is 2. The molecule has 0 spiro atoms. The topological polar surface area (TPSA) is 33.1 Å². The van der Waals surface area contributed by atoms with Gasteiger partial charge in [-0.3, -0.25) is 4.98 Å². The molecule has 0 amide bonds. The lowest BCUT2D eigenvalue weighted by Gasteiger charge is -2.18. The molecule has 2 rings (SSSR count). The second-order valence-corrected chi connectivity index (χ2v) is 4.68. The molecule has 1 N–H and O–H groups in total. The van der Waals surface area contributed by atoms with E-state index in [1.54, 1.807) is 24.5 Å². The van der Waals surface area contributed by atoms with Gasteiger partial charge in [0.25, 0.3) is 0 Å². The van der Waals surface area contributed by atoms with E-state index in [2.05, 4.69) is 11.9 Å². The zero-order valence-electron chi connectivity index (χ0n) is 13.0. The Bertz CT molecular complexity index is 498. The monoisotopic (exact) mass is 289 g/mol. The minimum atomic E-state index is -1.02. The predicted octanol–water partition coefficient (Wildman–Crippen LogP) is 5.41. The van der Waals surface area contributed by atoms with Crippen LogP contribution >= 0.6 is 0 Å². The second-order valence-electron chi connectivity index (χ2n) is 4.68. The summed E-state index contributed by atoms with van der Waals surface area (Å²) < 4.78 is 14.3. The van der Waals surface area contributed by atoms with E-state index in [4.69, 9.17) is 0 Å². The maximum atomic E-state index is 14.3. The highest BCUT2D eigenvalue weighted by Gasteiger charge is 2.17. The third-order valence-corrected chi connectivity index (χ3v) is 3.42. The highest BCUT2D eigenvalue weighted by molar-refractivity contribution is 5.28. The van der Waals surface area contributed by atoms with Gasteiger partial charge in [0.15, 0.2) is 0 Å². The van der Waals surface area contributed by atoms with Crippen molar-refractivity contribution in [3.8, 4) is 5.75 Å². The number of benzene rings is 1. The van der Waals surface area contributed by atoms with Crippen molar-refractivity contribution >= 4 is 0 Å². The largest absolute Gasteiger partial charge is 0.508 e. The number of phenolic OH excluding ortho intramolecular Hbond substituents is 1. The molecule has 0 fully saturated rings. The zero-order valence-corrected chi connectivity index (χ0v) is 13.0. The second kappa shape index (κ2) is 9.11. The van der Waals surface area contributed by atoms with Crippen LogP contribution in [0.2, 0.25) is 0 Å². The fourth-order valence-corrected chi connectivity index (χ4v) is 2.24. The molecule has 0 saturated heterocycles. The van der Waals surface area contributed by atoms with Gasteiger partial charge in [0.2, 0.25) is 0 Å². The smallest absolute Gasteiger partial charge is 0.126 e. The van der Waals surface area contributed by atoms with Gasteiger partial charge in [-0.15, -0.1) is 0 Å². The van der Waals surface area contributed by atoms with E-state index in [1.807, 2.05) is 26.0 Å². The van der Waals surface area contributed by atoms with Crippen molar-refractivity contribution in [1.82, 2.24) is 4.98 Å². The average Bonchev–Trinajstić information content (AvgIpc) is 2.55. The van der Waals surface area contributed by atoms with Gasteiger partial charge >= 0.3 is 0 Å². The quantitative estimate of drug-likeness (QED) is 0.798. The van der Waals surface area contributed by atoms with Gasteiger partial charge in [0.05, 0.1) is 0 Å². The van der Waals surface area contributed by atoms with Gasteiger partial charge in [0.1, 0.15) is 11.9 Å². The van der Waals surface area contributed by atoms with Crippen LogP contribution in [0.3, 0.4) is 0 Å². The summed E-state index contributed by atoms with van der Waals surface area (Å²) in [5.74, 6) is 0.351. The van der Waals surface area contributed by atoms with Crippen LogP contribution in [-0.2, 0) is 0 Å². The van der Waals surface area contributed by atoms with Gasteiger partial charge in [-0.25, -0.2) is 4.39 Å². The molecule has 0 aliphatic carbocycles. The van der Waals surface area contributed by atoms with Crippen LogP contribution in [0.5, 0.6) is 5.75 Å². The summed E-state index contributed by atoms with van der Waals surface area (Å²) >= 11 is 0. The Balaban J connectivity index is 0.00000106. The minimum Gasteiger partial charge on any atom is -0.508 e. The Morgan fingerprint density at radius 1 is 1.00 bits per heavy atom. The van der Waals surface area contributed by atoms with E-state index in [9.17, 15) is 9.50 Å². The molecule has 114 valence electrons. The molecule has 0 bridgehead atoms. The maximum absolute atomic E-state index is 14.3. The summed E-state index contributed by atoms with van der Waals surface area (Å²) in [7, 11) is 0. The first kappa shape index (κ1) is 17.2. The van der Waals surface area contributed by atoms with Crippen LogP contribution < -0.4 is 0 Å². The molecule has 1 heterocycles. The number of nitrogens with zero attached hydrogens (tertiary/aromatic N) is 1. The molecule has 2 atom stereocenters. The first-order valence-corrected chi connectivity index (χ1v) is 7.53. The number of aromatic nitrogens is 1. The van der Waals surface area contributed by atoms with Crippen LogP contribution in [0.15, 0.2) is 48.8 Å². The normalized spacial score (nSPS) is 13.0. The summed E-state index contributed by atoms with van der Waals surface area (Å²) in [5, 5.41) is 9.22. The lowest BCUT2D eigenvalue weighted by Crippen LogP contribution is -2.03. The molecule has 0 radical (unpaired) electrons. The molecule has 3 heteroatoms. The third-order valence-electron chi connectivity index (χ3n) is 3.42. The lowest BCUT2D eigenvalue weighted by atomic mass is 9.90. The number of pyridine rings is 1. The molecular weight excluding hydrogens is 265 g/mol. The van der Waals surface area contributed by atoms with Crippen molar-refractivity contribution in [2.45, 2.75) is 45.7 Å². The average molecular weight is 289 g/mol. The van der Waals surface area contributed by atoms with Crippen LogP contribution in [0.25, 0.3) is 0 Å². The van der Waals surface area contributed by atoms with E-state index in [0.29, 0.717) is 12.0 Å². The Hall–Kier alpha value is -1.90. The van der Waals surface area contributed by atoms with Gasteiger partial charge in [-0.05, 0) is 54.2 Å². The number of alkyl halides is 1. The van der Waals surface area contributed by atoms with E-state index in [1.165, 1.54) is 12.1 Å². The van der Waals surface area contributed by atoms with Crippen LogP contribution in [0.4, 0.5) is 4.39 Å². The summed E-state index contributed by atoms with van der Waals surface area (Å²) in [6, 6.07) is 10.2. The van der Waals surface area contributed by atoms with Crippen molar-refractivity contribution in [3.63, 3.8) is 0 Å². The first-order chi connectivity index (χ1) is 10.2. The number of hydrogen-bond donors (Lipinski definition) is 1. The molecule has 1 aromatic heterocycles. The molecular formula is C18H24FNO. The fraction of sp³-hybridized carbons (Fsp3) is 0.389. The van der Waals surface area contributed by atoms with Crippen molar-refractivity contribution in [1.29, 1.82) is 0 Å². The van der Waals surface area contributed by atoms with Crippen molar-refractivity contribution in [2.75, 3.05) is 0 Å². The maximum Gasteiger partial charge on any atom is 0.126 e. The Morgan fingerprint density at radius 3 is 2.10 bits per heavy atom. The van der Waals surface area contributed by atoms with Gasteiger partial charge < -0.3 is 5.11 Å². The van der Waals surface area contributed by atoms with E-state index in [0.717, 1.165) is 12.0 Å². The number of aromatic hydroxyl groups is 1. The summed E-state index contributed by atoms with van der Waals surface area (Å²) in [6.07, 6.45) is 3.81. The molecule has 2 nitrogen and oxygen atoms in total. The van der Waals surface area contributed by atoms with Crippen LogP contribution in [0, 0.1) is 0 Å². The zero-order chi connectivity index (χ0) is 15.7. The predicted molar refractivity (Wildman–Crippen MR) is 85.2 cm³/mol. The summed E-state index contributed by atoms with van der Waals surface area (Å²) in [4.78, 5) is 3.99. The Labute approximate surface area is 126 Å². The van der Waals surface area contributed by atoms with Crippen molar-refractivity contribution in [2.24, 2.45) is 0 Å². The fourth-order valence-electron chi connectivity index (χ4n) is 2.24. The highest BCUT2D eigenvalue weighted by Crippen LogP contribution is 2.33. The van der Waals surface area contributed by atoms with Gasteiger partial charge in [-0.1, -0.05) is 32.9 Å². The first-order valence-electron chi connectivity index (χ1n) is 7.53. The Kier molecular flexibility index (Phi) is 7.44. The SMILES string of the molecule is CC.CCC(CC(F)c1ccc(O)cc1)c1ccncc1. The molecule has 1 aromatic carbocycles. The minimum absolute atomic E-state index is 0.164. The third kappa shape index (κ3) is 5.18. The number of rotatable bonds is 5. The van der Waals surface area contributed by atoms with Crippen molar-refractivity contribution < 1.29 is 9.50 Å². The van der Waals surface area contributed by atoms with Crippen LogP contribution in [-0.4, -0.2) is 10.1 Å². The number of phenols is 1.